The minimum Gasteiger partial charge on any atom is -0.486 e. The second kappa shape index (κ2) is 10.6. The number of aromatic amines is 1. The first kappa shape index (κ1) is 25.1. The second-order valence-corrected chi connectivity index (χ2v) is 10.00. The van der Waals surface area contributed by atoms with Gasteiger partial charge in [-0.15, -0.1) is 5.10 Å². The van der Waals surface area contributed by atoms with Crippen molar-refractivity contribution in [1.29, 1.82) is 0 Å². The first-order valence-corrected chi connectivity index (χ1v) is 13.5. The van der Waals surface area contributed by atoms with Crippen molar-refractivity contribution in [1.82, 2.24) is 30.1 Å². The standard InChI is InChI=1S/C29H28N6O6/c1-2-23(28-31-32-33-35(28)16-21-4-3-7-37-21)34(14-18-5-6-24-25(10-18)41-17-40-24)15-20-11-19-12-26-27(39-9-8-38-26)13-22(19)30-29(20)36/h3-7,10-13,23H,2,8-9,14-17H2,1H3,(H,30,36). The molecule has 1 atom stereocenters. The number of aromatic nitrogens is 5. The maximum Gasteiger partial charge on any atom is 0.252 e. The van der Waals surface area contributed by atoms with Crippen LogP contribution in [0.1, 0.15) is 42.1 Å². The third-order valence-electron chi connectivity index (χ3n) is 7.35. The molecule has 210 valence electrons. The number of furan rings is 1. The van der Waals surface area contributed by atoms with Gasteiger partial charge < -0.3 is 28.3 Å². The van der Waals surface area contributed by atoms with Gasteiger partial charge in [0.05, 0.1) is 17.8 Å². The number of nitrogens with one attached hydrogen (secondary N) is 1. The van der Waals surface area contributed by atoms with E-state index in [1.54, 1.807) is 10.9 Å². The average Bonchev–Trinajstić information content (AvgIpc) is 3.76. The van der Waals surface area contributed by atoms with E-state index in [4.69, 9.17) is 23.4 Å². The highest BCUT2D eigenvalue weighted by atomic mass is 16.7. The Morgan fingerprint density at radius 2 is 1.80 bits per heavy atom. The molecular weight excluding hydrogens is 528 g/mol. The van der Waals surface area contributed by atoms with Crippen molar-refractivity contribution in [2.75, 3.05) is 20.0 Å². The molecule has 0 spiro atoms. The third-order valence-corrected chi connectivity index (χ3v) is 7.35. The zero-order valence-corrected chi connectivity index (χ0v) is 22.4. The van der Waals surface area contributed by atoms with E-state index in [1.807, 2.05) is 48.5 Å². The van der Waals surface area contributed by atoms with Crippen molar-refractivity contribution in [3.63, 3.8) is 0 Å². The third kappa shape index (κ3) is 4.97. The van der Waals surface area contributed by atoms with Gasteiger partial charge in [-0.3, -0.25) is 9.69 Å². The van der Waals surface area contributed by atoms with E-state index in [1.165, 1.54) is 0 Å². The number of benzene rings is 2. The number of nitrogens with zero attached hydrogens (tertiary/aromatic N) is 5. The average molecular weight is 557 g/mol. The molecule has 2 aliphatic rings. The summed E-state index contributed by atoms with van der Waals surface area (Å²) in [4.78, 5) is 18.6. The summed E-state index contributed by atoms with van der Waals surface area (Å²) in [6.45, 7) is 4.51. The van der Waals surface area contributed by atoms with Gasteiger partial charge in [-0.05, 0) is 58.8 Å². The van der Waals surface area contributed by atoms with Crippen LogP contribution in [-0.4, -0.2) is 50.1 Å². The van der Waals surface area contributed by atoms with Gasteiger partial charge in [0, 0.05) is 30.1 Å². The summed E-state index contributed by atoms with van der Waals surface area (Å²) in [6, 6.07) is 15.0. The molecule has 12 nitrogen and oxygen atoms in total. The highest BCUT2D eigenvalue weighted by molar-refractivity contribution is 5.83. The van der Waals surface area contributed by atoms with Crippen molar-refractivity contribution in [2.45, 2.75) is 39.0 Å². The lowest BCUT2D eigenvalue weighted by atomic mass is 10.1. The Kier molecular flexibility index (Phi) is 6.51. The molecule has 0 radical (unpaired) electrons. The Balaban J connectivity index is 1.26. The van der Waals surface area contributed by atoms with Gasteiger partial charge in [0.15, 0.2) is 28.8 Å². The van der Waals surface area contributed by atoms with Crippen molar-refractivity contribution >= 4 is 10.9 Å². The fourth-order valence-electron chi connectivity index (χ4n) is 5.39. The first-order chi connectivity index (χ1) is 20.1. The number of ether oxygens (including phenoxy) is 4. The summed E-state index contributed by atoms with van der Waals surface area (Å²) >= 11 is 0. The van der Waals surface area contributed by atoms with Gasteiger partial charge in [0.25, 0.3) is 5.56 Å². The van der Waals surface area contributed by atoms with Crippen LogP contribution in [0.4, 0.5) is 0 Å². The molecule has 2 aliphatic heterocycles. The van der Waals surface area contributed by atoms with E-state index < -0.39 is 0 Å². The topological polar surface area (TPSA) is 130 Å². The number of H-pyrrole nitrogens is 1. The van der Waals surface area contributed by atoms with Crippen LogP contribution < -0.4 is 24.5 Å². The zero-order chi connectivity index (χ0) is 27.8. The van der Waals surface area contributed by atoms with Gasteiger partial charge in [-0.25, -0.2) is 4.68 Å². The first-order valence-electron chi connectivity index (χ1n) is 13.5. The normalized spacial score (nSPS) is 14.6. The molecule has 0 saturated carbocycles. The maximum atomic E-state index is 13.4. The Bertz CT molecular complexity index is 1750. The van der Waals surface area contributed by atoms with Crippen LogP contribution in [0.2, 0.25) is 0 Å². The molecule has 0 aliphatic carbocycles. The fraction of sp³-hybridized carbons (Fsp3) is 0.310. The molecule has 5 heterocycles. The van der Waals surface area contributed by atoms with Crippen LogP contribution in [-0.2, 0) is 19.6 Å². The predicted molar refractivity (Wildman–Crippen MR) is 146 cm³/mol. The van der Waals surface area contributed by atoms with Crippen LogP contribution in [0.5, 0.6) is 23.0 Å². The maximum absolute atomic E-state index is 13.4. The molecule has 0 bridgehead atoms. The van der Waals surface area contributed by atoms with Gasteiger partial charge in [0.2, 0.25) is 6.79 Å². The number of tetrazole rings is 1. The molecule has 5 aromatic rings. The van der Waals surface area contributed by atoms with E-state index in [0.29, 0.717) is 73.4 Å². The lowest BCUT2D eigenvalue weighted by molar-refractivity contribution is 0.160. The molecule has 1 unspecified atom stereocenters. The highest BCUT2D eigenvalue weighted by Gasteiger charge is 2.27. The monoisotopic (exact) mass is 556 g/mol. The van der Waals surface area contributed by atoms with Crippen LogP contribution in [0.15, 0.2) is 64.0 Å². The fourth-order valence-corrected chi connectivity index (χ4v) is 5.39. The van der Waals surface area contributed by atoms with E-state index in [0.717, 1.165) is 22.5 Å². The lowest BCUT2D eigenvalue weighted by Crippen LogP contribution is -2.32. The van der Waals surface area contributed by atoms with Gasteiger partial charge in [0.1, 0.15) is 25.5 Å². The van der Waals surface area contributed by atoms with Crippen LogP contribution in [0.25, 0.3) is 10.9 Å². The summed E-state index contributed by atoms with van der Waals surface area (Å²) in [5.41, 5.74) is 2.14. The SMILES string of the molecule is CCC(c1nnnn1Cc1ccco1)N(Cc1ccc2c(c1)OCO2)Cc1cc2cc3c(cc2[nH]c1=O)OCCO3. The minimum absolute atomic E-state index is 0.171. The molecule has 12 heteroatoms. The highest BCUT2D eigenvalue weighted by Crippen LogP contribution is 2.36. The zero-order valence-electron chi connectivity index (χ0n) is 22.4. The molecule has 41 heavy (non-hydrogen) atoms. The number of rotatable bonds is 9. The van der Waals surface area contributed by atoms with Gasteiger partial charge in [-0.2, -0.15) is 0 Å². The van der Waals surface area contributed by atoms with Crippen LogP contribution >= 0.6 is 0 Å². The molecule has 7 rings (SSSR count). The van der Waals surface area contributed by atoms with E-state index in [9.17, 15) is 4.79 Å². The Labute approximate surface area is 234 Å². The lowest BCUT2D eigenvalue weighted by Gasteiger charge is -2.30. The molecule has 0 amide bonds. The summed E-state index contributed by atoms with van der Waals surface area (Å²) in [7, 11) is 0. The summed E-state index contributed by atoms with van der Waals surface area (Å²) < 4.78 is 29.9. The van der Waals surface area contributed by atoms with Crippen molar-refractivity contribution in [3.05, 3.63) is 87.9 Å². The molecule has 2 aromatic carbocycles. The van der Waals surface area contributed by atoms with Crippen molar-refractivity contribution in [2.24, 2.45) is 0 Å². The van der Waals surface area contributed by atoms with Crippen molar-refractivity contribution in [3.8, 4) is 23.0 Å². The van der Waals surface area contributed by atoms with E-state index in [2.05, 4.69) is 32.3 Å². The summed E-state index contributed by atoms with van der Waals surface area (Å²) in [5, 5.41) is 13.5. The van der Waals surface area contributed by atoms with Gasteiger partial charge in [-0.1, -0.05) is 13.0 Å². The Morgan fingerprint density at radius 3 is 2.63 bits per heavy atom. The largest absolute Gasteiger partial charge is 0.486 e. The van der Waals surface area contributed by atoms with E-state index >= 15 is 0 Å². The quantitative estimate of drug-likeness (QED) is 0.286. The van der Waals surface area contributed by atoms with E-state index in [-0.39, 0.29) is 18.4 Å². The molecule has 0 saturated heterocycles. The summed E-state index contributed by atoms with van der Waals surface area (Å²) in [5.74, 6) is 4.15. The molecule has 0 fully saturated rings. The molecule has 3 aromatic heterocycles. The van der Waals surface area contributed by atoms with Gasteiger partial charge >= 0.3 is 0 Å². The Morgan fingerprint density at radius 1 is 0.976 bits per heavy atom. The predicted octanol–water partition coefficient (Wildman–Crippen LogP) is 3.81. The minimum atomic E-state index is -0.208. The smallest absolute Gasteiger partial charge is 0.252 e. The van der Waals surface area contributed by atoms with Crippen LogP contribution in [0.3, 0.4) is 0 Å². The van der Waals surface area contributed by atoms with Crippen molar-refractivity contribution < 1.29 is 23.4 Å². The second-order valence-electron chi connectivity index (χ2n) is 10.00. The molecule has 1 N–H and O–H groups in total. The number of fused-ring (bicyclic) bond motifs is 3. The summed E-state index contributed by atoms with van der Waals surface area (Å²) in [6.07, 6.45) is 2.33. The molecular formula is C29H28N6O6. The number of hydrogen-bond acceptors (Lipinski definition) is 10. The Hall–Kier alpha value is -4.84. The number of pyridine rings is 1. The van der Waals surface area contributed by atoms with Crippen LogP contribution in [0, 0.1) is 0 Å². The number of hydrogen-bond donors (Lipinski definition) is 1.